The van der Waals surface area contributed by atoms with Crippen LogP contribution in [0.4, 0.5) is 0 Å². The van der Waals surface area contributed by atoms with Gasteiger partial charge in [0, 0.05) is 41.4 Å². The van der Waals surface area contributed by atoms with Crippen molar-refractivity contribution in [3.05, 3.63) is 95.4 Å². The average Bonchev–Trinajstić information content (AvgIpc) is 3.50. The van der Waals surface area contributed by atoms with E-state index in [-0.39, 0.29) is 37.6 Å². The van der Waals surface area contributed by atoms with Crippen LogP contribution in [0.2, 0.25) is 0 Å². The topological polar surface area (TPSA) is 102 Å². The van der Waals surface area contributed by atoms with Crippen molar-refractivity contribution < 1.29 is 27.6 Å². The molecule has 224 valence electrons. The molecule has 0 saturated carbocycles. The van der Waals surface area contributed by atoms with Crippen LogP contribution in [0.5, 0.6) is 0 Å². The van der Waals surface area contributed by atoms with Crippen molar-refractivity contribution in [2.24, 2.45) is 0 Å². The first kappa shape index (κ1) is 29.5. The van der Waals surface area contributed by atoms with Gasteiger partial charge >= 0.3 is 0 Å². The van der Waals surface area contributed by atoms with E-state index < -0.39 is 26.8 Å². The van der Waals surface area contributed by atoms with Crippen molar-refractivity contribution >= 4 is 43.8 Å². The van der Waals surface area contributed by atoms with Crippen LogP contribution < -0.4 is 5.48 Å². The van der Waals surface area contributed by atoms with Crippen LogP contribution >= 0.6 is 11.3 Å². The number of thiophene rings is 1. The van der Waals surface area contributed by atoms with Crippen LogP contribution in [-0.4, -0.2) is 56.9 Å². The summed E-state index contributed by atoms with van der Waals surface area (Å²) >= 11 is 1.38. The summed E-state index contributed by atoms with van der Waals surface area (Å²) in [6.45, 7) is 0.793. The quantitative estimate of drug-likeness (QED) is 0.267. The Bertz CT molecular complexity index is 1720. The van der Waals surface area contributed by atoms with E-state index in [4.69, 9.17) is 9.57 Å². The Hall–Kier alpha value is -3.57. The van der Waals surface area contributed by atoms with Gasteiger partial charge in [-0.3, -0.25) is 9.59 Å². The fourth-order valence-electron chi connectivity index (χ4n) is 5.85. The van der Waals surface area contributed by atoms with E-state index in [9.17, 15) is 18.0 Å². The number of carbonyl (C=O) groups excluding carboxylic acids is 2. The van der Waals surface area contributed by atoms with Crippen molar-refractivity contribution in [2.75, 3.05) is 25.4 Å². The monoisotopic (exact) mass is 618 g/mol. The number of amides is 2. The van der Waals surface area contributed by atoms with E-state index in [2.05, 4.69) is 11.5 Å². The van der Waals surface area contributed by atoms with E-state index in [1.165, 1.54) is 11.3 Å². The lowest BCUT2D eigenvalue weighted by molar-refractivity contribution is -0.200. The fraction of sp³-hybridized carbons (Fsp3) is 0.333. The molecule has 4 aromatic rings. The Labute approximate surface area is 255 Å². The maximum Gasteiger partial charge on any atom is 0.253 e. The molecule has 6 rings (SSSR count). The molecule has 2 aliphatic heterocycles. The van der Waals surface area contributed by atoms with E-state index in [0.29, 0.717) is 23.5 Å². The summed E-state index contributed by atoms with van der Waals surface area (Å²) in [5.74, 6) is -1.02. The van der Waals surface area contributed by atoms with Gasteiger partial charge in [-0.2, -0.15) is 0 Å². The van der Waals surface area contributed by atoms with Crippen molar-refractivity contribution in [1.82, 2.24) is 10.4 Å². The van der Waals surface area contributed by atoms with Crippen LogP contribution in [-0.2, 0) is 29.0 Å². The van der Waals surface area contributed by atoms with Crippen LogP contribution in [0.3, 0.4) is 0 Å². The van der Waals surface area contributed by atoms with Gasteiger partial charge in [0.25, 0.3) is 5.91 Å². The molecular formula is C33H34N2O6S2. The van der Waals surface area contributed by atoms with Gasteiger partial charge in [-0.1, -0.05) is 54.6 Å². The lowest BCUT2D eigenvalue weighted by Gasteiger charge is -2.31. The highest BCUT2D eigenvalue weighted by Gasteiger charge is 2.50. The van der Waals surface area contributed by atoms with E-state index in [1.54, 1.807) is 29.2 Å². The first-order chi connectivity index (χ1) is 20.8. The fourth-order valence-corrected chi connectivity index (χ4v) is 9.45. The Morgan fingerprint density at radius 3 is 2.53 bits per heavy atom. The number of sulfone groups is 1. The summed E-state index contributed by atoms with van der Waals surface area (Å²) in [4.78, 5) is 35.3. The molecule has 2 amide bonds. The Kier molecular flexibility index (Phi) is 8.63. The number of nitrogens with one attached hydrogen (secondary N) is 1. The Balaban J connectivity index is 1.32. The third kappa shape index (κ3) is 6.24. The molecule has 8 nitrogen and oxygen atoms in total. The van der Waals surface area contributed by atoms with E-state index in [0.717, 1.165) is 34.1 Å². The molecule has 2 atom stereocenters. The highest BCUT2D eigenvalue weighted by atomic mass is 32.2. The zero-order valence-corrected chi connectivity index (χ0v) is 25.4. The van der Waals surface area contributed by atoms with Gasteiger partial charge in [0.15, 0.2) is 16.1 Å². The van der Waals surface area contributed by atoms with Crippen LogP contribution in [0, 0.1) is 0 Å². The number of rotatable bonds is 7. The van der Waals surface area contributed by atoms with Crippen LogP contribution in [0.1, 0.15) is 47.3 Å². The Morgan fingerprint density at radius 1 is 0.953 bits per heavy atom. The third-order valence-electron chi connectivity index (χ3n) is 8.30. The van der Waals surface area contributed by atoms with Crippen LogP contribution in [0.25, 0.3) is 21.2 Å². The number of hydrogen-bond donors (Lipinski definition) is 1. The number of carbonyl (C=O) groups is 2. The predicted molar refractivity (Wildman–Crippen MR) is 167 cm³/mol. The summed E-state index contributed by atoms with van der Waals surface area (Å²) in [5.41, 5.74) is 3.94. The minimum absolute atomic E-state index is 0.0503. The van der Waals surface area contributed by atoms with Gasteiger partial charge < -0.3 is 9.64 Å². The maximum atomic E-state index is 14.2. The molecule has 3 heterocycles. The molecule has 0 radical (unpaired) electrons. The minimum Gasteiger partial charge on any atom is -0.350 e. The number of hydrogen-bond acceptors (Lipinski definition) is 7. The normalized spacial score (nSPS) is 22.1. The van der Waals surface area contributed by atoms with Crippen molar-refractivity contribution in [3.63, 3.8) is 0 Å². The van der Waals surface area contributed by atoms with Crippen molar-refractivity contribution in [2.45, 2.75) is 43.1 Å². The highest BCUT2D eigenvalue weighted by Crippen LogP contribution is 2.45. The molecule has 3 aromatic carbocycles. The molecule has 2 saturated heterocycles. The number of fused-ring (bicyclic) bond motifs is 1. The van der Waals surface area contributed by atoms with Gasteiger partial charge in [0.2, 0.25) is 5.91 Å². The maximum absolute atomic E-state index is 14.2. The minimum atomic E-state index is -3.90. The number of ether oxygens (including phenoxy) is 1. The predicted octanol–water partition coefficient (Wildman–Crippen LogP) is 5.69. The molecule has 2 unspecified atom stereocenters. The summed E-state index contributed by atoms with van der Waals surface area (Å²) in [6.07, 6.45) is 1.72. The molecule has 10 heteroatoms. The van der Waals surface area contributed by atoms with Crippen molar-refractivity contribution in [1.29, 1.82) is 0 Å². The first-order valence-corrected chi connectivity index (χ1v) is 17.0. The molecule has 1 aromatic heterocycles. The summed E-state index contributed by atoms with van der Waals surface area (Å²) < 4.78 is 32.5. The molecule has 0 spiro atoms. The van der Waals surface area contributed by atoms with Gasteiger partial charge in [0.1, 0.15) is 4.75 Å². The molecule has 1 N–H and O–H groups in total. The van der Waals surface area contributed by atoms with Gasteiger partial charge in [-0.15, -0.1) is 11.3 Å². The molecule has 2 fully saturated rings. The summed E-state index contributed by atoms with van der Waals surface area (Å²) in [7, 11) is -3.90. The second-order valence-electron chi connectivity index (χ2n) is 11.1. The molecule has 0 aliphatic carbocycles. The number of nitrogens with zero attached hydrogens (tertiary/aromatic N) is 1. The zero-order valence-electron chi connectivity index (χ0n) is 23.7. The standard InChI is InChI=1S/C33H34N2O6S2/c36-30(34-41-31-12-6-7-20-40-31)23-33(17-18-35(19-21-43(33,38)39)32(37)25-9-2-1-3-10-25)29-16-15-28(42-29)27-14-13-24-8-4-5-11-26(24)22-27/h1-5,8-11,13-16,22,31H,6-7,12,17-21,23H2,(H,34,36). The van der Waals surface area contributed by atoms with Crippen molar-refractivity contribution in [3.8, 4) is 10.4 Å². The third-order valence-corrected chi connectivity index (χ3v) is 12.2. The van der Waals surface area contributed by atoms with E-state index >= 15 is 0 Å². The molecule has 2 aliphatic rings. The second-order valence-corrected chi connectivity index (χ2v) is 14.6. The number of benzene rings is 3. The summed E-state index contributed by atoms with van der Waals surface area (Å²) in [5, 5.41) is 2.20. The highest BCUT2D eigenvalue weighted by molar-refractivity contribution is 7.92. The SMILES string of the molecule is O=C(CC1(c2ccc(-c3ccc4ccccc4c3)s2)CCN(C(=O)c2ccccc2)CCS1(=O)=O)NOC1CCCCO1. The lowest BCUT2D eigenvalue weighted by Crippen LogP contribution is -2.43. The second kappa shape index (κ2) is 12.6. The zero-order chi connectivity index (χ0) is 29.9. The largest absolute Gasteiger partial charge is 0.350 e. The van der Waals surface area contributed by atoms with Gasteiger partial charge in [0.05, 0.1) is 12.2 Å². The molecular weight excluding hydrogens is 585 g/mol. The molecule has 43 heavy (non-hydrogen) atoms. The van der Waals surface area contributed by atoms with E-state index in [1.807, 2.05) is 54.6 Å². The van der Waals surface area contributed by atoms with Gasteiger partial charge in [-0.25, -0.2) is 18.7 Å². The number of hydroxylamine groups is 1. The lowest BCUT2D eigenvalue weighted by atomic mass is 9.97. The van der Waals surface area contributed by atoms with Crippen LogP contribution in [0.15, 0.2) is 84.9 Å². The average molecular weight is 619 g/mol. The Morgan fingerprint density at radius 2 is 1.74 bits per heavy atom. The first-order valence-electron chi connectivity index (χ1n) is 14.6. The summed E-state index contributed by atoms with van der Waals surface area (Å²) in [6, 6.07) is 26.8. The molecule has 0 bridgehead atoms. The van der Waals surface area contributed by atoms with Gasteiger partial charge in [-0.05, 0) is 65.9 Å². The smallest absolute Gasteiger partial charge is 0.253 e.